The van der Waals surface area contributed by atoms with E-state index in [-0.39, 0.29) is 15.3 Å². The summed E-state index contributed by atoms with van der Waals surface area (Å²) in [7, 11) is -3.47. The molecule has 0 aliphatic heterocycles. The van der Waals surface area contributed by atoms with Crippen LogP contribution < -0.4 is 4.72 Å². The molecule has 1 aromatic rings. The minimum Gasteiger partial charge on any atom is -0.266 e. The van der Waals surface area contributed by atoms with Crippen molar-refractivity contribution in [1.82, 2.24) is 14.9 Å². The number of rotatable bonds is 5. The summed E-state index contributed by atoms with van der Waals surface area (Å²) in [6, 6.07) is 1.43. The number of nitrogens with zero attached hydrogens (tertiary/aromatic N) is 1. The molecular weight excluding hydrogens is 306 g/mol. The van der Waals surface area contributed by atoms with E-state index >= 15 is 0 Å². The topological polar surface area (TPSA) is 74.8 Å². The van der Waals surface area contributed by atoms with Crippen LogP contribution in [0.15, 0.2) is 17.3 Å². The summed E-state index contributed by atoms with van der Waals surface area (Å²) < 4.78 is 26.1. The third-order valence-corrected chi connectivity index (χ3v) is 4.09. The first-order chi connectivity index (χ1) is 7.71. The third kappa shape index (κ3) is 5.18. The van der Waals surface area contributed by atoms with Gasteiger partial charge in [0.1, 0.15) is 0 Å². The van der Waals surface area contributed by atoms with Crippen LogP contribution in [0.5, 0.6) is 0 Å². The minimum atomic E-state index is -3.47. The fourth-order valence-corrected chi connectivity index (χ4v) is 3.74. The highest BCUT2D eigenvalue weighted by atomic mass is 79.9. The second kappa shape index (κ2) is 5.49. The summed E-state index contributed by atoms with van der Waals surface area (Å²) in [4.78, 5) is 0.111. The van der Waals surface area contributed by atoms with Gasteiger partial charge in [0, 0.05) is 11.4 Å². The number of hydrogen-bond acceptors (Lipinski definition) is 3. The molecule has 1 rings (SSSR count). The summed E-state index contributed by atoms with van der Waals surface area (Å²) in [5.41, 5.74) is 0.160. The van der Waals surface area contributed by atoms with E-state index in [1.54, 1.807) is 0 Å². The molecule has 7 heteroatoms. The normalized spacial score (nSPS) is 14.8. The molecule has 0 amide bonds. The molecule has 0 bridgehead atoms. The lowest BCUT2D eigenvalue weighted by Gasteiger charge is -2.22. The zero-order chi connectivity index (χ0) is 13.1. The van der Waals surface area contributed by atoms with Gasteiger partial charge >= 0.3 is 0 Å². The van der Waals surface area contributed by atoms with Crippen molar-refractivity contribution in [3.05, 3.63) is 12.3 Å². The van der Waals surface area contributed by atoms with Gasteiger partial charge < -0.3 is 0 Å². The van der Waals surface area contributed by atoms with Crippen LogP contribution in [0.3, 0.4) is 0 Å². The lowest BCUT2D eigenvalue weighted by atomic mass is 9.91. The van der Waals surface area contributed by atoms with Crippen molar-refractivity contribution in [2.45, 2.75) is 37.0 Å². The van der Waals surface area contributed by atoms with Crippen LogP contribution in [-0.2, 0) is 10.0 Å². The Kier molecular flexibility index (Phi) is 4.74. The number of hydrogen-bond donors (Lipinski definition) is 2. The largest absolute Gasteiger partial charge is 0.266 e. The Balaban J connectivity index is 2.51. The average molecular weight is 324 g/mol. The second-order valence-corrected chi connectivity index (χ2v) is 8.17. The Bertz CT molecular complexity index is 437. The molecule has 1 atom stereocenters. The number of nitrogens with one attached hydrogen (secondary N) is 2. The van der Waals surface area contributed by atoms with Gasteiger partial charge in [0.15, 0.2) is 5.03 Å². The lowest BCUT2D eigenvalue weighted by Crippen LogP contribution is -2.31. The molecular formula is C10H18BrN3O2S. The van der Waals surface area contributed by atoms with Gasteiger partial charge in [-0.3, -0.25) is 5.10 Å². The molecule has 17 heavy (non-hydrogen) atoms. The van der Waals surface area contributed by atoms with Crippen molar-refractivity contribution in [2.24, 2.45) is 5.41 Å². The maximum Gasteiger partial charge on any atom is 0.257 e. The van der Waals surface area contributed by atoms with Crippen LogP contribution in [0.4, 0.5) is 0 Å². The van der Waals surface area contributed by atoms with Crippen LogP contribution >= 0.6 is 15.9 Å². The molecule has 5 nitrogen and oxygen atoms in total. The summed E-state index contributed by atoms with van der Waals surface area (Å²) in [5, 5.41) is 6.14. The van der Waals surface area contributed by atoms with Crippen LogP contribution in [0.2, 0.25) is 0 Å². The van der Waals surface area contributed by atoms with Gasteiger partial charge in [0.2, 0.25) is 0 Å². The predicted octanol–water partition coefficient (Wildman–Crippen LogP) is 1.89. The Morgan fingerprint density at radius 3 is 2.65 bits per heavy atom. The molecule has 0 spiro atoms. The molecule has 1 unspecified atom stereocenters. The Labute approximate surface area is 111 Å². The van der Waals surface area contributed by atoms with Crippen molar-refractivity contribution in [3.8, 4) is 0 Å². The molecule has 0 saturated carbocycles. The Morgan fingerprint density at radius 2 is 2.18 bits per heavy atom. The maximum atomic E-state index is 11.8. The van der Waals surface area contributed by atoms with Crippen molar-refractivity contribution >= 4 is 26.0 Å². The van der Waals surface area contributed by atoms with Crippen molar-refractivity contribution < 1.29 is 8.42 Å². The van der Waals surface area contributed by atoms with E-state index in [1.807, 2.05) is 0 Å². The highest BCUT2D eigenvalue weighted by Gasteiger charge is 2.20. The van der Waals surface area contributed by atoms with E-state index in [0.717, 1.165) is 6.42 Å². The average Bonchev–Trinajstić information content (AvgIpc) is 2.65. The van der Waals surface area contributed by atoms with Gasteiger partial charge in [-0.15, -0.1) is 0 Å². The van der Waals surface area contributed by atoms with Crippen LogP contribution in [-0.4, -0.2) is 30.0 Å². The Hall–Kier alpha value is -0.400. The first-order valence-electron chi connectivity index (χ1n) is 5.34. The smallest absolute Gasteiger partial charge is 0.257 e. The molecule has 0 fully saturated rings. The van der Waals surface area contributed by atoms with Gasteiger partial charge in [-0.1, -0.05) is 36.7 Å². The molecule has 0 aromatic carbocycles. The SMILES string of the molecule is CC(C)(C)CC(Br)CNS(=O)(=O)c1ccn[nH]1. The van der Waals surface area contributed by atoms with E-state index in [9.17, 15) is 8.42 Å². The molecule has 2 N–H and O–H groups in total. The van der Waals surface area contributed by atoms with Gasteiger partial charge in [-0.05, 0) is 17.9 Å². The monoisotopic (exact) mass is 323 g/mol. The molecule has 1 heterocycles. The lowest BCUT2D eigenvalue weighted by molar-refractivity contribution is 0.373. The van der Waals surface area contributed by atoms with Crippen LogP contribution in [0.25, 0.3) is 0 Å². The third-order valence-electron chi connectivity index (χ3n) is 2.09. The van der Waals surface area contributed by atoms with E-state index in [4.69, 9.17) is 0 Å². The van der Waals surface area contributed by atoms with Crippen LogP contribution in [0.1, 0.15) is 27.2 Å². The molecule has 1 aromatic heterocycles. The Morgan fingerprint density at radius 1 is 1.53 bits per heavy atom. The molecule has 0 aliphatic carbocycles. The summed E-state index contributed by atoms with van der Waals surface area (Å²) in [6.45, 7) is 6.71. The molecule has 0 radical (unpaired) electrons. The number of H-pyrrole nitrogens is 1. The van der Waals surface area contributed by atoms with Gasteiger partial charge in [-0.2, -0.15) is 5.10 Å². The fraction of sp³-hybridized carbons (Fsp3) is 0.700. The van der Waals surface area contributed by atoms with Gasteiger partial charge in [-0.25, -0.2) is 13.1 Å². The van der Waals surface area contributed by atoms with Gasteiger partial charge in [0.05, 0.1) is 6.20 Å². The van der Waals surface area contributed by atoms with E-state index in [2.05, 4.69) is 51.6 Å². The van der Waals surface area contributed by atoms with Crippen molar-refractivity contribution in [1.29, 1.82) is 0 Å². The van der Waals surface area contributed by atoms with Crippen molar-refractivity contribution in [3.63, 3.8) is 0 Å². The first kappa shape index (κ1) is 14.7. The number of halogens is 1. The number of sulfonamides is 1. The fourth-order valence-electron chi connectivity index (χ4n) is 1.41. The summed E-state index contributed by atoms with van der Waals surface area (Å²) in [6.07, 6.45) is 2.30. The minimum absolute atomic E-state index is 0.0907. The van der Waals surface area contributed by atoms with Gasteiger partial charge in [0.25, 0.3) is 10.0 Å². The second-order valence-electron chi connectivity index (χ2n) is 5.13. The standard InChI is InChI=1S/C10H18BrN3O2S/c1-10(2,3)6-8(11)7-13-17(15,16)9-4-5-12-14-9/h4-5,8,13H,6-7H2,1-3H3,(H,12,14). The van der Waals surface area contributed by atoms with E-state index in [0.29, 0.717) is 6.54 Å². The number of aromatic amines is 1. The summed E-state index contributed by atoms with van der Waals surface area (Å²) in [5.74, 6) is 0. The van der Waals surface area contributed by atoms with E-state index < -0.39 is 10.0 Å². The quantitative estimate of drug-likeness (QED) is 0.812. The molecule has 98 valence electrons. The van der Waals surface area contributed by atoms with Crippen LogP contribution in [0, 0.1) is 5.41 Å². The number of alkyl halides is 1. The zero-order valence-corrected chi connectivity index (χ0v) is 12.6. The highest BCUT2D eigenvalue weighted by Crippen LogP contribution is 2.24. The zero-order valence-electron chi connectivity index (χ0n) is 10.2. The molecule has 0 saturated heterocycles. The van der Waals surface area contributed by atoms with Crippen molar-refractivity contribution in [2.75, 3.05) is 6.54 Å². The number of aromatic nitrogens is 2. The first-order valence-corrected chi connectivity index (χ1v) is 7.74. The van der Waals surface area contributed by atoms with E-state index in [1.165, 1.54) is 12.3 Å². The summed E-state index contributed by atoms with van der Waals surface area (Å²) >= 11 is 3.48. The highest BCUT2D eigenvalue weighted by molar-refractivity contribution is 9.09. The maximum absolute atomic E-state index is 11.8. The predicted molar refractivity (Wildman–Crippen MR) is 70.6 cm³/mol. The molecule has 0 aliphatic rings.